The van der Waals surface area contributed by atoms with E-state index in [-0.39, 0.29) is 11.6 Å². The number of amidine groups is 1. The zero-order chi connectivity index (χ0) is 19.1. The Morgan fingerprint density at radius 2 is 1.50 bits per heavy atom. The lowest BCUT2D eigenvalue weighted by Crippen LogP contribution is -2.21. The van der Waals surface area contributed by atoms with E-state index >= 15 is 0 Å². The third-order valence-electron chi connectivity index (χ3n) is 3.23. The maximum absolute atomic E-state index is 12.2. The number of rotatable bonds is 6. The molecule has 2 aromatic carbocycles. The van der Waals surface area contributed by atoms with Gasteiger partial charge in [-0.25, -0.2) is 0 Å². The quantitative estimate of drug-likeness (QED) is 0.300. The van der Waals surface area contributed by atoms with E-state index < -0.39 is 11.7 Å². The van der Waals surface area contributed by atoms with Crippen LogP contribution in [0.2, 0.25) is 0 Å². The van der Waals surface area contributed by atoms with Gasteiger partial charge in [0.1, 0.15) is 6.07 Å². The van der Waals surface area contributed by atoms with Crippen LogP contribution in [-0.2, 0) is 0 Å². The normalized spacial score (nSPS) is 10.5. The van der Waals surface area contributed by atoms with Gasteiger partial charge in [-0.1, -0.05) is 0 Å². The monoisotopic (exact) mass is 349 g/mol. The molecule has 0 aliphatic heterocycles. The second kappa shape index (κ2) is 8.07. The average Bonchev–Trinajstić information content (AvgIpc) is 2.63. The fourth-order valence-electron chi connectivity index (χ4n) is 1.88. The van der Waals surface area contributed by atoms with Gasteiger partial charge in [-0.2, -0.15) is 10.4 Å². The SMILES string of the molecule is N#C/C(=N\Nc1ccc(C(=O)Nc2ccc(C(N)=O)cc2)cc1)C(=N)N. The van der Waals surface area contributed by atoms with E-state index in [0.717, 1.165) is 0 Å². The molecule has 0 bridgehead atoms. The van der Waals surface area contributed by atoms with Crippen LogP contribution in [0.15, 0.2) is 53.6 Å². The molecule has 0 saturated heterocycles. The molecule has 0 aliphatic rings. The van der Waals surface area contributed by atoms with Crippen molar-refractivity contribution >= 4 is 34.7 Å². The number of hydrogen-bond acceptors (Lipinski definition) is 6. The third-order valence-corrected chi connectivity index (χ3v) is 3.23. The van der Waals surface area contributed by atoms with Crippen LogP contribution in [-0.4, -0.2) is 23.4 Å². The van der Waals surface area contributed by atoms with Crippen molar-refractivity contribution in [1.29, 1.82) is 10.7 Å². The fourth-order valence-corrected chi connectivity index (χ4v) is 1.88. The first-order valence-electron chi connectivity index (χ1n) is 7.30. The lowest BCUT2D eigenvalue weighted by molar-refractivity contribution is 0.0998. The van der Waals surface area contributed by atoms with Gasteiger partial charge in [-0.3, -0.25) is 20.4 Å². The van der Waals surface area contributed by atoms with Gasteiger partial charge in [0, 0.05) is 16.8 Å². The Bertz CT molecular complexity index is 910. The Kier molecular flexibility index (Phi) is 5.63. The smallest absolute Gasteiger partial charge is 0.255 e. The molecular weight excluding hydrogens is 334 g/mol. The Hall–Kier alpha value is -4.19. The average molecular weight is 349 g/mol. The van der Waals surface area contributed by atoms with Gasteiger partial charge in [-0.05, 0) is 48.5 Å². The van der Waals surface area contributed by atoms with Crippen molar-refractivity contribution < 1.29 is 9.59 Å². The number of nitrogens with zero attached hydrogens (tertiary/aromatic N) is 2. The van der Waals surface area contributed by atoms with Gasteiger partial charge in [0.05, 0.1) is 5.69 Å². The van der Waals surface area contributed by atoms with Gasteiger partial charge < -0.3 is 16.8 Å². The zero-order valence-electron chi connectivity index (χ0n) is 13.5. The first-order valence-corrected chi connectivity index (χ1v) is 7.30. The molecular formula is C17H15N7O2. The van der Waals surface area contributed by atoms with E-state index in [1.165, 1.54) is 12.1 Å². The van der Waals surface area contributed by atoms with Crippen molar-refractivity contribution in [3.05, 3.63) is 59.7 Å². The molecule has 0 atom stereocenters. The van der Waals surface area contributed by atoms with Crippen LogP contribution in [0, 0.1) is 16.7 Å². The molecule has 0 fully saturated rings. The number of carbonyl (C=O) groups is 2. The zero-order valence-corrected chi connectivity index (χ0v) is 13.5. The van der Waals surface area contributed by atoms with Gasteiger partial charge in [0.15, 0.2) is 5.84 Å². The van der Waals surface area contributed by atoms with Crippen LogP contribution < -0.4 is 22.2 Å². The number of nitriles is 1. The Balaban J connectivity index is 2.03. The molecule has 9 nitrogen and oxygen atoms in total. The standard InChI is InChI=1S/C17H15N7O2/c18-9-14(15(19)20)24-23-13-7-3-11(4-8-13)17(26)22-12-5-1-10(2-6-12)16(21)25/h1-8,23H,(H3,19,20)(H2,21,25)(H,22,26)/b24-14+. The Morgan fingerprint density at radius 1 is 0.962 bits per heavy atom. The summed E-state index contributed by atoms with van der Waals surface area (Å²) >= 11 is 0. The molecule has 2 amide bonds. The molecule has 7 N–H and O–H groups in total. The second-order valence-corrected chi connectivity index (χ2v) is 5.07. The highest BCUT2D eigenvalue weighted by molar-refractivity contribution is 6.45. The van der Waals surface area contributed by atoms with Crippen LogP contribution in [0.4, 0.5) is 11.4 Å². The molecule has 0 aromatic heterocycles. The van der Waals surface area contributed by atoms with E-state index in [1.807, 2.05) is 0 Å². The van der Waals surface area contributed by atoms with Crippen molar-refractivity contribution in [2.45, 2.75) is 0 Å². The topological polar surface area (TPSA) is 170 Å². The summed E-state index contributed by atoms with van der Waals surface area (Å²) in [5.41, 5.74) is 14.5. The predicted octanol–water partition coefficient (Wildman–Crippen LogP) is 1.27. The summed E-state index contributed by atoms with van der Waals surface area (Å²) in [5, 5.41) is 22.3. The van der Waals surface area contributed by atoms with E-state index in [9.17, 15) is 9.59 Å². The van der Waals surface area contributed by atoms with Crippen LogP contribution in [0.3, 0.4) is 0 Å². The lowest BCUT2D eigenvalue weighted by atomic mass is 10.1. The van der Waals surface area contributed by atoms with Crippen LogP contribution in [0.5, 0.6) is 0 Å². The maximum atomic E-state index is 12.2. The molecule has 2 aromatic rings. The Labute approximate surface area is 148 Å². The van der Waals surface area contributed by atoms with Crippen molar-refractivity contribution in [3.63, 3.8) is 0 Å². The molecule has 0 saturated carbocycles. The minimum absolute atomic E-state index is 0.244. The summed E-state index contributed by atoms with van der Waals surface area (Å²) in [6, 6.07) is 14.2. The van der Waals surface area contributed by atoms with Crippen molar-refractivity contribution in [3.8, 4) is 6.07 Å². The lowest BCUT2D eigenvalue weighted by Gasteiger charge is -2.07. The third kappa shape index (κ3) is 4.65. The summed E-state index contributed by atoms with van der Waals surface area (Å²) in [7, 11) is 0. The molecule has 9 heteroatoms. The molecule has 130 valence electrons. The summed E-state index contributed by atoms with van der Waals surface area (Å²) in [5.74, 6) is -1.33. The second-order valence-electron chi connectivity index (χ2n) is 5.07. The summed E-state index contributed by atoms with van der Waals surface area (Å²) in [6.07, 6.45) is 0. The van der Waals surface area contributed by atoms with Crippen LogP contribution in [0.25, 0.3) is 0 Å². The van der Waals surface area contributed by atoms with Gasteiger partial charge in [0.25, 0.3) is 5.91 Å². The highest BCUT2D eigenvalue weighted by Gasteiger charge is 2.07. The van der Waals surface area contributed by atoms with E-state index in [1.54, 1.807) is 42.5 Å². The predicted molar refractivity (Wildman–Crippen MR) is 97.9 cm³/mol. The molecule has 0 aliphatic carbocycles. The maximum Gasteiger partial charge on any atom is 0.255 e. The highest BCUT2D eigenvalue weighted by atomic mass is 16.2. The number of carbonyl (C=O) groups excluding carboxylic acids is 2. The number of nitrogens with two attached hydrogens (primary N) is 2. The Morgan fingerprint density at radius 3 is 2.00 bits per heavy atom. The first kappa shape index (κ1) is 18.2. The number of benzene rings is 2. The summed E-state index contributed by atoms with van der Waals surface area (Å²) < 4.78 is 0. The van der Waals surface area contributed by atoms with Crippen molar-refractivity contribution in [1.82, 2.24) is 0 Å². The molecule has 2 rings (SSSR count). The molecule has 26 heavy (non-hydrogen) atoms. The molecule has 0 heterocycles. The van der Waals surface area contributed by atoms with Crippen molar-refractivity contribution in [2.24, 2.45) is 16.6 Å². The number of primary amides is 1. The largest absolute Gasteiger partial charge is 0.382 e. The fraction of sp³-hybridized carbons (Fsp3) is 0. The number of nitrogens with one attached hydrogen (secondary N) is 3. The summed E-state index contributed by atoms with van der Waals surface area (Å²) in [6.45, 7) is 0. The number of amides is 2. The minimum Gasteiger partial charge on any atom is -0.382 e. The number of anilines is 2. The van der Waals surface area contributed by atoms with E-state index in [0.29, 0.717) is 22.5 Å². The van der Waals surface area contributed by atoms with Crippen LogP contribution >= 0.6 is 0 Å². The highest BCUT2D eigenvalue weighted by Crippen LogP contribution is 2.13. The molecule has 0 radical (unpaired) electrons. The summed E-state index contributed by atoms with van der Waals surface area (Å²) in [4.78, 5) is 23.2. The molecule has 0 spiro atoms. The minimum atomic E-state index is -0.544. The van der Waals surface area contributed by atoms with Gasteiger partial charge in [0.2, 0.25) is 11.6 Å². The van der Waals surface area contributed by atoms with Crippen molar-refractivity contribution in [2.75, 3.05) is 10.7 Å². The van der Waals surface area contributed by atoms with Gasteiger partial charge in [-0.15, -0.1) is 0 Å². The van der Waals surface area contributed by atoms with E-state index in [2.05, 4.69) is 15.8 Å². The van der Waals surface area contributed by atoms with E-state index in [4.69, 9.17) is 22.1 Å². The molecule has 0 unspecified atom stereocenters. The van der Waals surface area contributed by atoms with Gasteiger partial charge >= 0.3 is 0 Å². The number of hydrogen-bond donors (Lipinski definition) is 5. The first-order chi connectivity index (χ1) is 12.4. The number of hydrazone groups is 1. The van der Waals surface area contributed by atoms with Crippen LogP contribution in [0.1, 0.15) is 20.7 Å².